The van der Waals surface area contributed by atoms with Crippen molar-refractivity contribution in [3.05, 3.63) is 41.2 Å². The average molecular weight is 366 g/mol. The highest BCUT2D eigenvalue weighted by Crippen LogP contribution is 2.25. The number of ether oxygens (including phenoxy) is 1. The van der Waals surface area contributed by atoms with Gasteiger partial charge in [0.05, 0.1) is 23.6 Å². The average Bonchev–Trinajstić information content (AvgIpc) is 2.97. The summed E-state index contributed by atoms with van der Waals surface area (Å²) < 4.78 is 6.90. The monoisotopic (exact) mass is 365 g/mol. The van der Waals surface area contributed by atoms with E-state index in [2.05, 4.69) is 10.4 Å². The Morgan fingerprint density at radius 2 is 2.04 bits per heavy atom. The molecule has 0 atom stereocenters. The maximum atomic E-state index is 12.6. The normalized spacial score (nSPS) is 11.4. The van der Waals surface area contributed by atoms with E-state index in [1.807, 2.05) is 13.8 Å². The van der Waals surface area contributed by atoms with E-state index in [4.69, 9.17) is 16.3 Å². The second-order valence-electron chi connectivity index (χ2n) is 6.30. The maximum absolute atomic E-state index is 12.6. The number of nitrogens with one attached hydrogen (secondary N) is 1. The number of carbonyl (C=O) groups excluding carboxylic acids is 1. The van der Waals surface area contributed by atoms with Crippen molar-refractivity contribution in [2.75, 3.05) is 5.32 Å². The molecule has 0 fully saturated rings. The first kappa shape index (κ1) is 18.8. The lowest BCUT2D eigenvalue weighted by molar-refractivity contribution is -0.146. The molecule has 134 valence electrons. The van der Waals surface area contributed by atoms with Crippen LogP contribution >= 0.6 is 11.6 Å². The topological polar surface area (TPSA) is 93.5 Å². The lowest BCUT2D eigenvalue weighted by Crippen LogP contribution is -2.35. The highest BCUT2D eigenvalue weighted by atomic mass is 35.5. The molecular formula is C17H20ClN3O4. The molecule has 1 aromatic heterocycles. The van der Waals surface area contributed by atoms with Crippen molar-refractivity contribution in [1.82, 2.24) is 9.78 Å². The quantitative estimate of drug-likeness (QED) is 0.818. The number of carboxylic acid groups (broad SMARTS) is 1. The zero-order chi connectivity index (χ0) is 18.8. The summed E-state index contributed by atoms with van der Waals surface area (Å²) in [5.74, 6) is -1.04. The third-order valence-corrected chi connectivity index (χ3v) is 3.72. The standard InChI is InChI=1S/C17H20ClN3O4/c1-10(2)25-14-6-5-11(18)7-13(14)15(22)20-12-8-19-21(9-12)17(3,4)16(23)24/h5-10H,1-4H3,(H,20,22)(H,23,24). The fourth-order valence-electron chi connectivity index (χ4n) is 2.03. The number of rotatable bonds is 6. The van der Waals surface area contributed by atoms with E-state index < -0.39 is 17.4 Å². The van der Waals surface area contributed by atoms with Gasteiger partial charge in [0.15, 0.2) is 5.54 Å². The molecule has 0 spiro atoms. The van der Waals surface area contributed by atoms with Gasteiger partial charge in [-0.2, -0.15) is 5.10 Å². The first-order valence-electron chi connectivity index (χ1n) is 7.67. The lowest BCUT2D eigenvalue weighted by atomic mass is 10.1. The molecule has 25 heavy (non-hydrogen) atoms. The van der Waals surface area contributed by atoms with Crippen LogP contribution in [0.3, 0.4) is 0 Å². The number of hydrogen-bond donors (Lipinski definition) is 2. The number of nitrogens with zero attached hydrogens (tertiary/aromatic N) is 2. The third-order valence-electron chi connectivity index (χ3n) is 3.49. The van der Waals surface area contributed by atoms with Crippen molar-refractivity contribution in [1.29, 1.82) is 0 Å². The highest BCUT2D eigenvalue weighted by Gasteiger charge is 2.30. The molecule has 0 bridgehead atoms. The molecular weight excluding hydrogens is 346 g/mol. The van der Waals surface area contributed by atoms with E-state index in [1.54, 1.807) is 12.1 Å². The molecule has 0 saturated carbocycles. The van der Waals surface area contributed by atoms with Crippen molar-refractivity contribution < 1.29 is 19.4 Å². The number of amides is 1. The minimum atomic E-state index is -1.23. The molecule has 2 N–H and O–H groups in total. The number of aliphatic carboxylic acids is 1. The van der Waals surface area contributed by atoms with E-state index >= 15 is 0 Å². The molecule has 0 radical (unpaired) electrons. The number of aromatic nitrogens is 2. The van der Waals surface area contributed by atoms with Crippen LogP contribution in [0.5, 0.6) is 5.75 Å². The Balaban J connectivity index is 2.25. The van der Waals surface area contributed by atoms with Gasteiger partial charge in [0, 0.05) is 11.2 Å². The summed E-state index contributed by atoms with van der Waals surface area (Å²) >= 11 is 5.98. The summed E-state index contributed by atoms with van der Waals surface area (Å²) in [5.41, 5.74) is -0.577. The van der Waals surface area contributed by atoms with E-state index in [-0.39, 0.29) is 11.7 Å². The van der Waals surface area contributed by atoms with E-state index in [0.717, 1.165) is 0 Å². The van der Waals surface area contributed by atoms with Gasteiger partial charge in [0.25, 0.3) is 5.91 Å². The molecule has 8 heteroatoms. The Morgan fingerprint density at radius 3 is 2.64 bits per heavy atom. The molecule has 0 unspecified atom stereocenters. The Hall–Kier alpha value is -2.54. The van der Waals surface area contributed by atoms with Crippen LogP contribution in [0.15, 0.2) is 30.6 Å². The fourth-order valence-corrected chi connectivity index (χ4v) is 2.20. The zero-order valence-corrected chi connectivity index (χ0v) is 15.2. The van der Waals surface area contributed by atoms with Gasteiger partial charge in [-0.15, -0.1) is 0 Å². The van der Waals surface area contributed by atoms with Crippen molar-refractivity contribution in [3.8, 4) is 5.75 Å². The minimum Gasteiger partial charge on any atom is -0.490 e. The van der Waals surface area contributed by atoms with Gasteiger partial charge >= 0.3 is 5.97 Å². The van der Waals surface area contributed by atoms with Crippen LogP contribution in [0.25, 0.3) is 0 Å². The second-order valence-corrected chi connectivity index (χ2v) is 6.74. The van der Waals surface area contributed by atoms with E-state index in [9.17, 15) is 14.7 Å². The zero-order valence-electron chi connectivity index (χ0n) is 14.4. The Morgan fingerprint density at radius 1 is 1.36 bits per heavy atom. The first-order valence-corrected chi connectivity index (χ1v) is 8.05. The Kier molecular flexibility index (Phi) is 5.37. The smallest absolute Gasteiger partial charge is 0.331 e. The van der Waals surface area contributed by atoms with Crippen LogP contribution in [0.1, 0.15) is 38.1 Å². The Bertz CT molecular complexity index is 799. The van der Waals surface area contributed by atoms with Crippen LogP contribution in [0.2, 0.25) is 5.02 Å². The van der Waals surface area contributed by atoms with E-state index in [0.29, 0.717) is 16.5 Å². The highest BCUT2D eigenvalue weighted by molar-refractivity contribution is 6.31. The van der Waals surface area contributed by atoms with Gasteiger partial charge < -0.3 is 15.2 Å². The molecule has 7 nitrogen and oxygen atoms in total. The Labute approximate surface area is 150 Å². The number of anilines is 1. The van der Waals surface area contributed by atoms with Crippen LogP contribution in [0, 0.1) is 0 Å². The first-order chi connectivity index (χ1) is 11.6. The van der Waals surface area contributed by atoms with Gasteiger partial charge in [-0.05, 0) is 45.9 Å². The molecule has 2 aromatic rings. The van der Waals surface area contributed by atoms with Crippen LogP contribution in [-0.2, 0) is 10.3 Å². The number of benzene rings is 1. The van der Waals surface area contributed by atoms with Gasteiger partial charge in [0.1, 0.15) is 5.75 Å². The predicted octanol–water partition coefficient (Wildman–Crippen LogP) is 3.40. The number of carbonyl (C=O) groups is 2. The molecule has 1 aromatic carbocycles. The van der Waals surface area contributed by atoms with Crippen molar-refractivity contribution >= 4 is 29.2 Å². The van der Waals surface area contributed by atoms with Crippen LogP contribution in [-0.4, -0.2) is 32.9 Å². The van der Waals surface area contributed by atoms with Gasteiger partial charge in [-0.25, -0.2) is 4.79 Å². The fraction of sp³-hybridized carbons (Fsp3) is 0.353. The summed E-state index contributed by atoms with van der Waals surface area (Å²) in [6.45, 7) is 6.74. The molecule has 1 heterocycles. The molecule has 0 aliphatic rings. The molecule has 1 amide bonds. The molecule has 0 saturated heterocycles. The van der Waals surface area contributed by atoms with Gasteiger partial charge in [0.2, 0.25) is 0 Å². The van der Waals surface area contributed by atoms with Crippen molar-refractivity contribution in [2.45, 2.75) is 39.3 Å². The van der Waals surface area contributed by atoms with Gasteiger partial charge in [-0.3, -0.25) is 9.48 Å². The predicted molar refractivity (Wildman–Crippen MR) is 94.4 cm³/mol. The van der Waals surface area contributed by atoms with Crippen LogP contribution < -0.4 is 10.1 Å². The van der Waals surface area contributed by atoms with Crippen LogP contribution in [0.4, 0.5) is 5.69 Å². The largest absolute Gasteiger partial charge is 0.490 e. The summed E-state index contributed by atoms with van der Waals surface area (Å²) in [6, 6.07) is 4.79. The summed E-state index contributed by atoms with van der Waals surface area (Å²) in [5, 5.41) is 16.3. The number of halogens is 1. The number of carboxylic acids is 1. The summed E-state index contributed by atoms with van der Waals surface area (Å²) in [6.07, 6.45) is 2.74. The third kappa shape index (κ3) is 4.30. The van der Waals surface area contributed by atoms with E-state index in [1.165, 1.54) is 37.0 Å². The number of hydrogen-bond acceptors (Lipinski definition) is 4. The molecule has 0 aliphatic heterocycles. The molecule has 0 aliphatic carbocycles. The maximum Gasteiger partial charge on any atom is 0.331 e. The summed E-state index contributed by atoms with van der Waals surface area (Å²) in [4.78, 5) is 23.8. The van der Waals surface area contributed by atoms with Crippen molar-refractivity contribution in [3.63, 3.8) is 0 Å². The molecule has 2 rings (SSSR count). The SMILES string of the molecule is CC(C)Oc1ccc(Cl)cc1C(=O)Nc1cnn(C(C)(C)C(=O)O)c1. The summed E-state index contributed by atoms with van der Waals surface area (Å²) in [7, 11) is 0. The second kappa shape index (κ2) is 7.14. The lowest BCUT2D eigenvalue weighted by Gasteiger charge is -2.19. The van der Waals surface area contributed by atoms with Crippen molar-refractivity contribution in [2.24, 2.45) is 0 Å². The van der Waals surface area contributed by atoms with Gasteiger partial charge in [-0.1, -0.05) is 11.6 Å². The minimum absolute atomic E-state index is 0.105.